The van der Waals surface area contributed by atoms with Gasteiger partial charge in [-0.15, -0.1) is 0 Å². The molecule has 2 rings (SSSR count). The van der Waals surface area contributed by atoms with Crippen LogP contribution < -0.4 is 64.4 Å². The minimum absolute atomic E-state index is 0. The van der Waals surface area contributed by atoms with Crippen LogP contribution >= 0.6 is 12.0 Å². The monoisotopic (exact) mass is 346 g/mol. The Hall–Kier alpha value is 0.840. The minimum atomic E-state index is -4.58. The molecule has 0 heterocycles. The zero-order valence-corrected chi connectivity index (χ0v) is 17.3. The van der Waals surface area contributed by atoms with Gasteiger partial charge in [-0.1, -0.05) is 18.2 Å². The molecule has 0 fully saturated rings. The Bertz CT molecular complexity index is 720. The first-order chi connectivity index (χ1) is 8.93. The van der Waals surface area contributed by atoms with Crippen molar-refractivity contribution in [1.82, 2.24) is 0 Å². The smallest absolute Gasteiger partial charge is 0.744 e. The summed E-state index contributed by atoms with van der Waals surface area (Å²) in [5, 5.41) is 13.9. The molecule has 0 N–H and O–H groups in total. The maximum absolute atomic E-state index is 11.2. The first-order valence-corrected chi connectivity index (χ1v) is 7.21. The predicted octanol–water partition coefficient (Wildman–Crippen LogP) is -4.71. The first-order valence-electron chi connectivity index (χ1n) is 5.06. The van der Waals surface area contributed by atoms with Gasteiger partial charge in [0.25, 0.3) is 0 Å². The number of fused-ring (bicyclic) bond motifs is 1. The SMILES string of the molecule is Cc1cc(SOO[O-])c2cccc(S(=O)(=O)[O-])c2c1.[Na+].[Na+]. The summed E-state index contributed by atoms with van der Waals surface area (Å²) >= 11 is 0.652. The molecule has 0 aliphatic carbocycles. The van der Waals surface area contributed by atoms with Crippen molar-refractivity contribution < 1.29 is 86.7 Å². The molecule has 0 amide bonds. The molecule has 2 aromatic rings. The van der Waals surface area contributed by atoms with Crippen LogP contribution in [0.4, 0.5) is 0 Å². The largest absolute Gasteiger partial charge is 1.00 e. The van der Waals surface area contributed by atoms with Gasteiger partial charge in [0.1, 0.15) is 10.1 Å². The van der Waals surface area contributed by atoms with Crippen LogP contribution in [0.25, 0.3) is 10.8 Å². The van der Waals surface area contributed by atoms with Crippen molar-refractivity contribution in [1.29, 1.82) is 0 Å². The molecule has 0 atom stereocenters. The van der Waals surface area contributed by atoms with Crippen LogP contribution in [0.1, 0.15) is 5.56 Å². The average molecular weight is 346 g/mol. The number of hydrogen-bond acceptors (Lipinski definition) is 7. The molecule has 2 aromatic carbocycles. The molecular formula is C11H8Na2O6S2. The second kappa shape index (κ2) is 9.21. The zero-order valence-electron chi connectivity index (χ0n) is 11.7. The van der Waals surface area contributed by atoms with E-state index in [4.69, 9.17) is 0 Å². The molecule has 0 unspecified atom stereocenters. The standard InChI is InChI=1S/C11H10O6S2.2Na/c1-7-5-9-8(10(6-7)18-17-16-12)3-2-4-11(9)19(13,14)15;;/h2-6,12H,1H3,(H,13,14,15);;/q;2*+1/p-2. The summed E-state index contributed by atoms with van der Waals surface area (Å²) in [7, 11) is -4.58. The summed E-state index contributed by atoms with van der Waals surface area (Å²) in [5.41, 5.74) is 0.723. The van der Waals surface area contributed by atoms with Crippen molar-refractivity contribution in [3.63, 3.8) is 0 Å². The van der Waals surface area contributed by atoms with E-state index in [1.165, 1.54) is 12.1 Å². The molecule has 10 heteroatoms. The summed E-state index contributed by atoms with van der Waals surface area (Å²) < 4.78 is 37.9. The van der Waals surface area contributed by atoms with Crippen molar-refractivity contribution in [3.05, 3.63) is 35.9 Å². The van der Waals surface area contributed by atoms with Crippen LogP contribution in [-0.2, 0) is 19.5 Å². The minimum Gasteiger partial charge on any atom is -0.744 e. The molecule has 21 heavy (non-hydrogen) atoms. The van der Waals surface area contributed by atoms with E-state index in [-0.39, 0.29) is 69.4 Å². The molecule has 0 aliphatic heterocycles. The fraction of sp³-hybridized carbons (Fsp3) is 0.0909. The second-order valence-corrected chi connectivity index (χ2v) is 5.88. The summed E-state index contributed by atoms with van der Waals surface area (Å²) in [5.74, 6) is 0. The third kappa shape index (κ3) is 5.45. The molecule has 102 valence electrons. The van der Waals surface area contributed by atoms with Crippen molar-refractivity contribution in [2.24, 2.45) is 0 Å². The van der Waals surface area contributed by atoms with Crippen LogP contribution in [-0.4, -0.2) is 13.0 Å². The Morgan fingerprint density at radius 3 is 2.38 bits per heavy atom. The van der Waals surface area contributed by atoms with E-state index in [9.17, 15) is 18.2 Å². The second-order valence-electron chi connectivity index (χ2n) is 3.79. The van der Waals surface area contributed by atoms with Gasteiger partial charge in [0, 0.05) is 10.3 Å². The van der Waals surface area contributed by atoms with Gasteiger partial charge < -0.3 is 9.81 Å². The van der Waals surface area contributed by atoms with E-state index < -0.39 is 10.1 Å². The van der Waals surface area contributed by atoms with Gasteiger partial charge in [-0.3, -0.25) is 5.04 Å². The summed E-state index contributed by atoms with van der Waals surface area (Å²) in [6.07, 6.45) is 0. The topological polar surface area (TPSA) is 98.7 Å². The third-order valence-corrected chi connectivity index (χ3v) is 4.02. The molecular weight excluding hydrogens is 338 g/mol. The molecule has 0 aliphatic rings. The van der Waals surface area contributed by atoms with Crippen molar-refractivity contribution in [3.8, 4) is 0 Å². The van der Waals surface area contributed by atoms with Gasteiger partial charge in [0.2, 0.25) is 0 Å². The van der Waals surface area contributed by atoms with Crippen LogP contribution in [0.2, 0.25) is 0 Å². The van der Waals surface area contributed by atoms with E-state index >= 15 is 0 Å². The van der Waals surface area contributed by atoms with E-state index in [0.717, 1.165) is 5.56 Å². The van der Waals surface area contributed by atoms with Crippen LogP contribution in [0.5, 0.6) is 0 Å². The van der Waals surface area contributed by atoms with Crippen LogP contribution in [0.3, 0.4) is 0 Å². The van der Waals surface area contributed by atoms with Gasteiger partial charge in [-0.2, -0.15) is 4.33 Å². The quantitative estimate of drug-likeness (QED) is 0.180. The number of hydrogen-bond donors (Lipinski definition) is 0. The van der Waals surface area contributed by atoms with Crippen molar-refractivity contribution in [2.45, 2.75) is 16.7 Å². The summed E-state index contributed by atoms with van der Waals surface area (Å²) in [4.78, 5) is 0.176. The summed E-state index contributed by atoms with van der Waals surface area (Å²) in [6, 6.07) is 7.59. The average Bonchev–Trinajstić information content (AvgIpc) is 2.33. The summed E-state index contributed by atoms with van der Waals surface area (Å²) in [6.45, 7) is 1.73. The van der Waals surface area contributed by atoms with Crippen LogP contribution in [0, 0.1) is 6.92 Å². The maximum Gasteiger partial charge on any atom is 1.00 e. The number of aryl methyl sites for hydroxylation is 1. The zero-order chi connectivity index (χ0) is 14.0. The van der Waals surface area contributed by atoms with Gasteiger partial charge in [0.15, 0.2) is 0 Å². The van der Waals surface area contributed by atoms with E-state index in [0.29, 0.717) is 22.3 Å². The first kappa shape index (κ1) is 21.8. The molecule has 0 saturated carbocycles. The van der Waals surface area contributed by atoms with E-state index in [1.807, 2.05) is 0 Å². The predicted molar refractivity (Wildman–Crippen MR) is 64.7 cm³/mol. The Morgan fingerprint density at radius 2 is 1.81 bits per heavy atom. The Balaban J connectivity index is 0.00000200. The third-order valence-electron chi connectivity index (χ3n) is 2.48. The molecule has 6 nitrogen and oxygen atoms in total. The van der Waals surface area contributed by atoms with Gasteiger partial charge in [-0.05, 0) is 30.0 Å². The van der Waals surface area contributed by atoms with Crippen LogP contribution in [0.15, 0.2) is 40.1 Å². The molecule has 0 aromatic heterocycles. The molecule has 0 bridgehead atoms. The van der Waals surface area contributed by atoms with Gasteiger partial charge in [0.05, 0.1) is 16.9 Å². The Morgan fingerprint density at radius 1 is 1.14 bits per heavy atom. The van der Waals surface area contributed by atoms with Gasteiger partial charge in [-0.25, -0.2) is 8.42 Å². The maximum atomic E-state index is 11.2. The normalized spacial score (nSPS) is 10.8. The van der Waals surface area contributed by atoms with E-state index in [2.05, 4.69) is 9.37 Å². The Kier molecular flexibility index (Phi) is 9.58. The fourth-order valence-electron chi connectivity index (χ4n) is 1.80. The van der Waals surface area contributed by atoms with Crippen molar-refractivity contribution in [2.75, 3.05) is 0 Å². The number of benzene rings is 2. The molecule has 0 radical (unpaired) electrons. The fourth-order valence-corrected chi connectivity index (χ4v) is 3.09. The van der Waals surface area contributed by atoms with Crippen molar-refractivity contribution >= 4 is 32.9 Å². The molecule has 0 spiro atoms. The number of rotatable bonds is 4. The van der Waals surface area contributed by atoms with E-state index in [1.54, 1.807) is 25.1 Å². The Labute approximate surface area is 170 Å². The van der Waals surface area contributed by atoms with Gasteiger partial charge >= 0.3 is 59.1 Å². The molecule has 0 saturated heterocycles.